The minimum atomic E-state index is -2.43. The number of hydrogen-bond acceptors (Lipinski definition) is 4. The van der Waals surface area contributed by atoms with Crippen molar-refractivity contribution >= 4 is 5.91 Å². The molecule has 5 aliphatic carbocycles. The normalized spacial score (nSPS) is 70.7. The zero-order valence-electron chi connectivity index (χ0n) is 18.9. The Kier molecular flexibility index (Phi) is 1.75. The van der Waals surface area contributed by atoms with Crippen molar-refractivity contribution < 1.29 is 18.1 Å². The molecule has 5 saturated carbocycles. The Balaban J connectivity index is 1.57. The number of nitriles is 1. The molecule has 5 nitrogen and oxygen atoms in total. The van der Waals surface area contributed by atoms with E-state index in [0.29, 0.717) is 30.6 Å². The molecular weight excluding hydrogens is 290 g/mol. The molecule has 2 unspecified atom stereocenters. The molecule has 0 aromatic heterocycles. The van der Waals surface area contributed by atoms with Crippen molar-refractivity contribution in [1.29, 1.82) is 5.26 Å². The maximum Gasteiger partial charge on any atom is 0.241 e. The van der Waals surface area contributed by atoms with Gasteiger partial charge in [0.1, 0.15) is 6.02 Å². The van der Waals surface area contributed by atoms with Crippen molar-refractivity contribution in [3.05, 3.63) is 0 Å². The second kappa shape index (κ2) is 4.29. The number of rotatable bonds is 2. The minimum absolute atomic E-state index is 0.144. The molecule has 4 bridgehead atoms. The SMILES string of the molecule is [2H]C1([2H])[C@]2([2H])N(C(=O)[C@@]([2H])(N)C34CC5CC(CC(O)(C5)C3)C4)[C@]([2H])(C#N)C[C@]12[2H]. The fourth-order valence-corrected chi connectivity index (χ4v) is 6.00. The molecule has 3 N–H and O–H groups in total. The summed E-state index contributed by atoms with van der Waals surface area (Å²) in [6.07, 6.45) is 0.220. The van der Waals surface area contributed by atoms with Crippen LogP contribution in [0.1, 0.15) is 59.5 Å². The molecule has 1 heterocycles. The van der Waals surface area contributed by atoms with Gasteiger partial charge in [0.15, 0.2) is 0 Å². The summed E-state index contributed by atoms with van der Waals surface area (Å²) >= 11 is 0. The second-order valence-electron chi connectivity index (χ2n) is 8.21. The molecule has 5 heteroatoms. The van der Waals surface area contributed by atoms with Gasteiger partial charge in [-0.3, -0.25) is 4.79 Å². The van der Waals surface area contributed by atoms with E-state index >= 15 is 0 Å². The summed E-state index contributed by atoms with van der Waals surface area (Å²) in [5, 5.41) is 20.5. The van der Waals surface area contributed by atoms with Crippen LogP contribution in [0.3, 0.4) is 0 Å². The highest BCUT2D eigenvalue weighted by molar-refractivity contribution is 5.84. The highest BCUT2D eigenvalue weighted by atomic mass is 16.3. The van der Waals surface area contributed by atoms with Gasteiger partial charge >= 0.3 is 0 Å². The van der Waals surface area contributed by atoms with Gasteiger partial charge in [-0.05, 0) is 74.5 Å². The molecule has 0 aromatic rings. The first-order valence-corrected chi connectivity index (χ1v) is 8.39. The molecule has 6 rings (SSSR count). The summed E-state index contributed by atoms with van der Waals surface area (Å²) in [5.74, 6) is -2.97. The van der Waals surface area contributed by atoms with Crippen LogP contribution < -0.4 is 5.73 Å². The molecule has 1 aliphatic heterocycles. The number of hydrogen-bond donors (Lipinski definition) is 2. The number of carbonyl (C=O) groups excluding carboxylic acids is 1. The number of nitrogens with two attached hydrogens (primary N) is 1. The molecule has 124 valence electrons. The van der Waals surface area contributed by atoms with Gasteiger partial charge in [0.25, 0.3) is 0 Å². The van der Waals surface area contributed by atoms with E-state index in [9.17, 15) is 15.2 Å². The lowest BCUT2D eigenvalue weighted by Crippen LogP contribution is -2.64. The molecule has 0 aromatic carbocycles. The zero-order chi connectivity index (χ0) is 21.5. The van der Waals surface area contributed by atoms with Crippen molar-refractivity contribution in [2.75, 3.05) is 0 Å². The molecular formula is C18H25N3O2. The summed E-state index contributed by atoms with van der Waals surface area (Å²) in [4.78, 5) is 14.1. The first-order chi connectivity index (χ1) is 13.1. The van der Waals surface area contributed by atoms with Gasteiger partial charge in [0.2, 0.25) is 5.91 Å². The average Bonchev–Trinajstić information content (AvgIpc) is 2.79. The van der Waals surface area contributed by atoms with Crippen LogP contribution in [-0.2, 0) is 4.79 Å². The maximum atomic E-state index is 13.6. The van der Waals surface area contributed by atoms with E-state index in [4.69, 9.17) is 14.0 Å². The summed E-state index contributed by atoms with van der Waals surface area (Å²) in [7, 11) is 0. The molecule has 0 radical (unpaired) electrons. The van der Waals surface area contributed by atoms with E-state index in [1.807, 2.05) is 0 Å². The van der Waals surface area contributed by atoms with Crippen LogP contribution in [0, 0.1) is 34.5 Å². The Morgan fingerprint density at radius 1 is 1.43 bits per heavy atom. The van der Waals surface area contributed by atoms with Gasteiger partial charge in [0, 0.05) is 10.1 Å². The van der Waals surface area contributed by atoms with Gasteiger partial charge in [-0.25, -0.2) is 0 Å². The number of fused-ring (bicyclic) bond motifs is 1. The third-order valence-corrected chi connectivity index (χ3v) is 6.49. The molecule has 1 amide bonds. The van der Waals surface area contributed by atoms with Crippen LogP contribution in [0.15, 0.2) is 0 Å². The predicted octanol–water partition coefficient (Wildman–Crippen LogP) is 1.16. The van der Waals surface area contributed by atoms with Gasteiger partial charge in [0.05, 0.1) is 21.8 Å². The molecule has 23 heavy (non-hydrogen) atoms. The largest absolute Gasteiger partial charge is 0.390 e. The van der Waals surface area contributed by atoms with Gasteiger partial charge in [-0.15, -0.1) is 0 Å². The van der Waals surface area contributed by atoms with E-state index in [-0.39, 0.29) is 18.3 Å². The Hall–Kier alpha value is -1.12. The van der Waals surface area contributed by atoms with Crippen molar-refractivity contribution in [2.24, 2.45) is 28.9 Å². The van der Waals surface area contributed by atoms with E-state index < -0.39 is 53.7 Å². The molecule has 1 saturated heterocycles. The standard InChI is InChI=1S/C18H25N3O2/c19-8-13-2-12-3-14(12)21(13)16(22)15(20)17-4-10-1-11(5-17)7-18(23,6-10)9-17/h10-15,23H,1-7,9,20H2/t10?,11?,12-,13+,14+,15-,17?,18?/m1/s1/i3D2,12D,13D,14D,15D. The number of piperidine rings is 1. The third kappa shape index (κ3) is 1.88. The lowest BCUT2D eigenvalue weighted by Gasteiger charge is -2.61. The van der Waals surface area contributed by atoms with Crippen LogP contribution in [0.2, 0.25) is 0 Å². The van der Waals surface area contributed by atoms with Crippen molar-refractivity contribution in [3.63, 3.8) is 0 Å². The van der Waals surface area contributed by atoms with Gasteiger partial charge in [-0.1, -0.05) is 0 Å². The summed E-state index contributed by atoms with van der Waals surface area (Å²) in [6.45, 7) is 0. The van der Waals surface area contributed by atoms with Gasteiger partial charge in [-0.2, -0.15) is 5.26 Å². The zero-order valence-corrected chi connectivity index (χ0v) is 12.9. The Morgan fingerprint density at radius 3 is 2.74 bits per heavy atom. The highest BCUT2D eigenvalue weighted by Crippen LogP contribution is 2.63. The van der Waals surface area contributed by atoms with Crippen LogP contribution in [0.25, 0.3) is 0 Å². The van der Waals surface area contributed by atoms with E-state index in [2.05, 4.69) is 0 Å². The Labute approximate surface area is 145 Å². The fourth-order valence-electron chi connectivity index (χ4n) is 6.00. The van der Waals surface area contributed by atoms with E-state index in [1.165, 1.54) is 0 Å². The molecule has 6 aliphatic rings. The predicted molar refractivity (Wildman–Crippen MR) is 82.8 cm³/mol. The topological polar surface area (TPSA) is 90.3 Å². The Morgan fingerprint density at radius 2 is 2.13 bits per heavy atom. The smallest absolute Gasteiger partial charge is 0.241 e. The molecule has 6 fully saturated rings. The number of amides is 1. The minimum Gasteiger partial charge on any atom is -0.390 e. The lowest BCUT2D eigenvalue weighted by molar-refractivity contribution is -0.177. The number of carbonyl (C=O) groups is 1. The van der Waals surface area contributed by atoms with Crippen molar-refractivity contribution in [1.82, 2.24) is 4.90 Å². The fraction of sp³-hybridized carbons (Fsp3) is 0.889. The molecule has 0 spiro atoms. The van der Waals surface area contributed by atoms with Gasteiger partial charge < -0.3 is 15.7 Å². The summed E-state index contributed by atoms with van der Waals surface area (Å²) < 4.78 is 50.3. The van der Waals surface area contributed by atoms with Crippen LogP contribution in [0.5, 0.6) is 0 Å². The first-order valence-electron chi connectivity index (χ1n) is 11.4. The quantitative estimate of drug-likeness (QED) is 0.798. The van der Waals surface area contributed by atoms with Crippen LogP contribution >= 0.6 is 0 Å². The summed E-state index contributed by atoms with van der Waals surface area (Å²) in [5.41, 5.74) is 4.31. The Bertz CT molecular complexity index is 862. The first kappa shape index (κ1) is 9.39. The number of nitrogens with zero attached hydrogens (tertiary/aromatic N) is 2. The monoisotopic (exact) mass is 321 g/mol. The summed E-state index contributed by atoms with van der Waals surface area (Å²) in [6, 6.07) is -5.42. The van der Waals surface area contributed by atoms with Crippen molar-refractivity contribution in [2.45, 2.75) is 75.0 Å². The van der Waals surface area contributed by atoms with Crippen molar-refractivity contribution in [3.8, 4) is 6.07 Å². The number of aliphatic hydroxyl groups is 1. The highest BCUT2D eigenvalue weighted by Gasteiger charge is 2.62. The van der Waals surface area contributed by atoms with E-state index in [1.54, 1.807) is 6.07 Å². The van der Waals surface area contributed by atoms with Crippen LogP contribution in [-0.4, -0.2) is 39.6 Å². The molecule has 6 atom stereocenters. The second-order valence-corrected chi connectivity index (χ2v) is 8.21. The van der Waals surface area contributed by atoms with E-state index in [0.717, 1.165) is 6.42 Å². The number of likely N-dealkylation sites (tertiary alicyclic amines) is 1. The van der Waals surface area contributed by atoms with Crippen LogP contribution in [0.4, 0.5) is 0 Å². The lowest BCUT2D eigenvalue weighted by atomic mass is 9.46. The average molecular weight is 321 g/mol. The maximum absolute atomic E-state index is 13.6. The third-order valence-electron chi connectivity index (χ3n) is 6.49.